The molecule has 0 bridgehead atoms. The number of rotatable bonds is 6. The third-order valence-corrected chi connectivity index (χ3v) is 4.23. The molecule has 1 atom stereocenters. The summed E-state index contributed by atoms with van der Waals surface area (Å²) in [5.74, 6) is -0.0699. The Bertz CT molecular complexity index is 423. The molecule has 0 saturated carbocycles. The number of amides is 4. The largest absolute Gasteiger partial charge is 0.338 e. The fraction of sp³-hybridized carbons (Fsp3) is 0.800. The standard InChI is InChI=1S/C15H26N4O3/c1-17(2)11-12-6-3-4-8-18(12)13(20)7-5-9-19-14(21)10-16-15(19)22/h12H,3-11H2,1-2H3,(H,16,22). The van der Waals surface area contributed by atoms with E-state index in [0.717, 1.165) is 25.9 Å². The van der Waals surface area contributed by atoms with Gasteiger partial charge in [-0.2, -0.15) is 0 Å². The topological polar surface area (TPSA) is 73.0 Å². The predicted molar refractivity (Wildman–Crippen MR) is 82.3 cm³/mol. The van der Waals surface area contributed by atoms with Crippen molar-refractivity contribution in [2.24, 2.45) is 0 Å². The van der Waals surface area contributed by atoms with E-state index in [2.05, 4.69) is 10.2 Å². The maximum Gasteiger partial charge on any atom is 0.324 e. The second-order valence-corrected chi connectivity index (χ2v) is 6.31. The van der Waals surface area contributed by atoms with Crippen molar-refractivity contribution in [1.29, 1.82) is 0 Å². The Kier molecular flexibility index (Phi) is 5.76. The zero-order chi connectivity index (χ0) is 16.1. The zero-order valence-corrected chi connectivity index (χ0v) is 13.5. The Morgan fingerprint density at radius 3 is 2.73 bits per heavy atom. The Balaban J connectivity index is 1.80. The van der Waals surface area contributed by atoms with E-state index in [1.807, 2.05) is 19.0 Å². The van der Waals surface area contributed by atoms with Crippen molar-refractivity contribution < 1.29 is 14.4 Å². The molecule has 0 aromatic heterocycles. The molecule has 2 heterocycles. The molecule has 0 radical (unpaired) electrons. The average molecular weight is 310 g/mol. The highest BCUT2D eigenvalue weighted by Gasteiger charge is 2.29. The number of hydrogen-bond donors (Lipinski definition) is 1. The number of carbonyl (C=O) groups is 3. The molecule has 2 rings (SSSR count). The van der Waals surface area contributed by atoms with E-state index in [9.17, 15) is 14.4 Å². The molecule has 1 N–H and O–H groups in total. The van der Waals surface area contributed by atoms with E-state index < -0.39 is 0 Å². The lowest BCUT2D eigenvalue weighted by Crippen LogP contribution is -2.48. The fourth-order valence-electron chi connectivity index (χ4n) is 3.15. The molecule has 0 aliphatic carbocycles. The second-order valence-electron chi connectivity index (χ2n) is 6.31. The van der Waals surface area contributed by atoms with Crippen molar-refractivity contribution >= 4 is 17.8 Å². The SMILES string of the molecule is CN(C)CC1CCCCN1C(=O)CCCN1C(=O)CNC1=O. The lowest BCUT2D eigenvalue weighted by atomic mass is 10.0. The van der Waals surface area contributed by atoms with Crippen LogP contribution in [0.25, 0.3) is 0 Å². The molecule has 22 heavy (non-hydrogen) atoms. The summed E-state index contributed by atoms with van der Waals surface area (Å²) in [6.07, 6.45) is 4.20. The number of hydrogen-bond acceptors (Lipinski definition) is 4. The molecule has 7 nitrogen and oxygen atoms in total. The third kappa shape index (κ3) is 4.19. The van der Waals surface area contributed by atoms with E-state index >= 15 is 0 Å². The van der Waals surface area contributed by atoms with Crippen molar-refractivity contribution in [2.45, 2.75) is 38.1 Å². The van der Waals surface area contributed by atoms with Crippen LogP contribution in [0.1, 0.15) is 32.1 Å². The normalized spacial score (nSPS) is 22.4. The molecule has 0 spiro atoms. The monoisotopic (exact) mass is 310 g/mol. The summed E-state index contributed by atoms with van der Waals surface area (Å²) in [5, 5.41) is 2.49. The van der Waals surface area contributed by atoms with Gasteiger partial charge in [-0.3, -0.25) is 14.5 Å². The van der Waals surface area contributed by atoms with Crippen molar-refractivity contribution in [1.82, 2.24) is 20.0 Å². The van der Waals surface area contributed by atoms with Gasteiger partial charge in [-0.15, -0.1) is 0 Å². The third-order valence-electron chi connectivity index (χ3n) is 4.23. The molecule has 2 aliphatic rings. The minimum Gasteiger partial charge on any atom is -0.338 e. The van der Waals surface area contributed by atoms with E-state index in [1.54, 1.807) is 0 Å². The van der Waals surface area contributed by atoms with Gasteiger partial charge in [-0.1, -0.05) is 0 Å². The predicted octanol–water partition coefficient (Wildman–Crippen LogP) is 0.261. The maximum absolute atomic E-state index is 12.4. The summed E-state index contributed by atoms with van der Waals surface area (Å²) in [6.45, 7) is 2.10. The van der Waals surface area contributed by atoms with Gasteiger partial charge in [0.1, 0.15) is 0 Å². The van der Waals surface area contributed by atoms with Crippen LogP contribution in [0, 0.1) is 0 Å². The number of nitrogens with zero attached hydrogens (tertiary/aromatic N) is 3. The highest BCUT2D eigenvalue weighted by Crippen LogP contribution is 2.19. The lowest BCUT2D eigenvalue weighted by molar-refractivity contribution is -0.135. The lowest BCUT2D eigenvalue weighted by Gasteiger charge is -2.37. The number of urea groups is 1. The van der Waals surface area contributed by atoms with E-state index in [-0.39, 0.29) is 30.4 Å². The Morgan fingerprint density at radius 2 is 2.09 bits per heavy atom. The van der Waals surface area contributed by atoms with Gasteiger partial charge in [0.15, 0.2) is 0 Å². The summed E-state index contributed by atoms with van der Waals surface area (Å²) < 4.78 is 0. The van der Waals surface area contributed by atoms with Gasteiger partial charge in [0.05, 0.1) is 6.54 Å². The Labute approximate surface area is 131 Å². The molecule has 2 saturated heterocycles. The first-order valence-electron chi connectivity index (χ1n) is 8.01. The van der Waals surface area contributed by atoms with Crippen molar-refractivity contribution in [3.8, 4) is 0 Å². The number of imide groups is 1. The number of nitrogens with one attached hydrogen (secondary N) is 1. The van der Waals surface area contributed by atoms with Crippen LogP contribution in [0.3, 0.4) is 0 Å². The number of piperidine rings is 1. The number of carbonyl (C=O) groups excluding carboxylic acids is 3. The van der Waals surface area contributed by atoms with Gasteiger partial charge in [0, 0.05) is 32.1 Å². The van der Waals surface area contributed by atoms with Gasteiger partial charge in [-0.05, 0) is 39.8 Å². The Hall–Kier alpha value is -1.63. The number of likely N-dealkylation sites (N-methyl/N-ethyl adjacent to an activating group) is 1. The van der Waals surface area contributed by atoms with Crippen LogP contribution >= 0.6 is 0 Å². The smallest absolute Gasteiger partial charge is 0.324 e. The van der Waals surface area contributed by atoms with Crippen molar-refractivity contribution in [3.05, 3.63) is 0 Å². The minimum absolute atomic E-state index is 0.0732. The summed E-state index contributed by atoms with van der Waals surface area (Å²) in [4.78, 5) is 40.6. The summed E-state index contributed by atoms with van der Waals surface area (Å²) in [5.41, 5.74) is 0. The molecule has 1 unspecified atom stereocenters. The highest BCUT2D eigenvalue weighted by atomic mass is 16.2. The van der Waals surface area contributed by atoms with Crippen molar-refractivity contribution in [2.75, 3.05) is 40.3 Å². The highest BCUT2D eigenvalue weighted by molar-refractivity contribution is 6.01. The summed E-state index contributed by atoms with van der Waals surface area (Å²) in [7, 11) is 4.05. The van der Waals surface area contributed by atoms with Gasteiger partial charge in [0.25, 0.3) is 0 Å². The second kappa shape index (κ2) is 7.58. The maximum atomic E-state index is 12.4. The molecule has 4 amide bonds. The summed E-state index contributed by atoms with van der Waals surface area (Å²) in [6, 6.07) is -0.0612. The molecule has 0 aromatic carbocycles. The molecule has 0 aromatic rings. The number of likely N-dealkylation sites (tertiary alicyclic amines) is 1. The van der Waals surface area contributed by atoms with Gasteiger partial charge < -0.3 is 15.1 Å². The molecule has 2 fully saturated rings. The average Bonchev–Trinajstić information content (AvgIpc) is 2.79. The molecule has 2 aliphatic heterocycles. The van der Waals surface area contributed by atoms with Crippen LogP contribution in [0.4, 0.5) is 4.79 Å². The van der Waals surface area contributed by atoms with Gasteiger partial charge in [-0.25, -0.2) is 4.79 Å². The fourth-order valence-corrected chi connectivity index (χ4v) is 3.15. The molecular weight excluding hydrogens is 284 g/mol. The van der Waals surface area contributed by atoms with E-state index in [1.165, 1.54) is 11.3 Å². The first-order valence-corrected chi connectivity index (χ1v) is 8.01. The van der Waals surface area contributed by atoms with Gasteiger partial charge in [0.2, 0.25) is 11.8 Å². The molecular formula is C15H26N4O3. The van der Waals surface area contributed by atoms with E-state index in [4.69, 9.17) is 0 Å². The van der Waals surface area contributed by atoms with E-state index in [0.29, 0.717) is 19.4 Å². The van der Waals surface area contributed by atoms with Crippen LogP contribution in [-0.4, -0.2) is 78.9 Å². The summed E-state index contributed by atoms with van der Waals surface area (Å²) >= 11 is 0. The van der Waals surface area contributed by atoms with Crippen LogP contribution in [-0.2, 0) is 9.59 Å². The molecule has 7 heteroatoms. The van der Waals surface area contributed by atoms with Crippen molar-refractivity contribution in [3.63, 3.8) is 0 Å². The van der Waals surface area contributed by atoms with Crippen LogP contribution in [0.2, 0.25) is 0 Å². The minimum atomic E-state index is -0.346. The first kappa shape index (κ1) is 16.7. The van der Waals surface area contributed by atoms with Gasteiger partial charge >= 0.3 is 6.03 Å². The first-order chi connectivity index (χ1) is 10.5. The van der Waals surface area contributed by atoms with Crippen LogP contribution in [0.15, 0.2) is 0 Å². The van der Waals surface area contributed by atoms with Crippen LogP contribution in [0.5, 0.6) is 0 Å². The van der Waals surface area contributed by atoms with Crippen LogP contribution < -0.4 is 5.32 Å². The molecule has 124 valence electrons. The quantitative estimate of drug-likeness (QED) is 0.714. The zero-order valence-electron chi connectivity index (χ0n) is 13.5. The Morgan fingerprint density at radius 1 is 1.32 bits per heavy atom.